The van der Waals surface area contributed by atoms with Crippen LogP contribution < -0.4 is 0 Å². The van der Waals surface area contributed by atoms with Crippen LogP contribution in [0.3, 0.4) is 0 Å². The highest BCUT2D eigenvalue weighted by atomic mass is 32.1. The molecule has 4 heteroatoms. The van der Waals surface area contributed by atoms with Crippen LogP contribution in [0.4, 0.5) is 0 Å². The lowest BCUT2D eigenvalue weighted by Crippen LogP contribution is -2.24. The molecule has 3 rings (SSSR count). The normalized spacial score (nSPS) is 16.4. The van der Waals surface area contributed by atoms with Crippen molar-refractivity contribution in [2.75, 3.05) is 0 Å². The molecule has 2 heterocycles. The van der Waals surface area contributed by atoms with Gasteiger partial charge in [-0.15, -0.1) is 10.2 Å². The van der Waals surface area contributed by atoms with E-state index in [9.17, 15) is 0 Å². The van der Waals surface area contributed by atoms with E-state index in [0.717, 1.165) is 11.6 Å². The van der Waals surface area contributed by atoms with Gasteiger partial charge in [-0.3, -0.25) is 0 Å². The first-order chi connectivity index (χ1) is 8.10. The Labute approximate surface area is 106 Å². The molecule has 3 nitrogen and oxygen atoms in total. The summed E-state index contributed by atoms with van der Waals surface area (Å²) in [6.07, 6.45) is 2.54. The first kappa shape index (κ1) is 11.0. The van der Waals surface area contributed by atoms with Gasteiger partial charge in [0.15, 0.2) is 0 Å². The van der Waals surface area contributed by atoms with Crippen LogP contribution in [0.1, 0.15) is 49.9 Å². The van der Waals surface area contributed by atoms with E-state index in [1.54, 1.807) is 11.3 Å². The highest BCUT2D eigenvalue weighted by molar-refractivity contribution is 7.08. The first-order valence-corrected chi connectivity index (χ1v) is 6.99. The topological polar surface area (TPSA) is 30.7 Å². The summed E-state index contributed by atoms with van der Waals surface area (Å²) in [5.41, 5.74) is 1.28. The zero-order valence-electron chi connectivity index (χ0n) is 10.5. The highest BCUT2D eigenvalue weighted by Crippen LogP contribution is 2.41. The highest BCUT2D eigenvalue weighted by Gasteiger charge is 2.35. The minimum Gasteiger partial charge on any atom is -0.311 e. The molecular formula is C13H17N3S. The number of aromatic nitrogens is 3. The molecule has 1 saturated carbocycles. The van der Waals surface area contributed by atoms with Crippen LogP contribution in [0.5, 0.6) is 0 Å². The molecule has 17 heavy (non-hydrogen) atoms. The third kappa shape index (κ3) is 1.71. The predicted molar refractivity (Wildman–Crippen MR) is 69.5 cm³/mol. The van der Waals surface area contributed by atoms with Gasteiger partial charge in [0.05, 0.1) is 5.41 Å². The lowest BCUT2D eigenvalue weighted by atomic mass is 9.85. The Balaban J connectivity index is 2.09. The lowest BCUT2D eigenvalue weighted by molar-refractivity contribution is 0.531. The minimum atomic E-state index is -0.0517. The van der Waals surface area contributed by atoms with E-state index in [1.807, 2.05) is 0 Å². The molecule has 1 aliphatic rings. The molecule has 0 radical (unpaired) electrons. The monoisotopic (exact) mass is 247 g/mol. The molecule has 0 aromatic carbocycles. The third-order valence-corrected chi connectivity index (χ3v) is 4.26. The maximum Gasteiger partial charge on any atom is 0.143 e. The number of thiophene rings is 1. The fourth-order valence-corrected chi connectivity index (χ4v) is 3.14. The van der Waals surface area contributed by atoms with E-state index in [1.165, 1.54) is 18.4 Å². The van der Waals surface area contributed by atoms with Crippen LogP contribution in [-0.2, 0) is 5.41 Å². The second-order valence-corrected chi connectivity index (χ2v) is 6.09. The first-order valence-electron chi connectivity index (χ1n) is 6.05. The van der Waals surface area contributed by atoms with Crippen molar-refractivity contribution in [3.8, 4) is 0 Å². The Morgan fingerprint density at radius 3 is 2.71 bits per heavy atom. The Morgan fingerprint density at radius 2 is 2.12 bits per heavy atom. The second-order valence-electron chi connectivity index (χ2n) is 5.31. The van der Waals surface area contributed by atoms with Crippen molar-refractivity contribution in [1.29, 1.82) is 0 Å². The van der Waals surface area contributed by atoms with Crippen LogP contribution in [-0.4, -0.2) is 14.8 Å². The van der Waals surface area contributed by atoms with Gasteiger partial charge in [-0.05, 0) is 56.0 Å². The third-order valence-electron chi connectivity index (χ3n) is 3.58. The van der Waals surface area contributed by atoms with E-state index >= 15 is 0 Å². The smallest absolute Gasteiger partial charge is 0.143 e. The van der Waals surface area contributed by atoms with Crippen molar-refractivity contribution in [2.45, 2.75) is 45.1 Å². The zero-order chi connectivity index (χ0) is 12.0. The van der Waals surface area contributed by atoms with E-state index in [4.69, 9.17) is 0 Å². The standard InChI is InChI=1S/C13H17N3S/c1-9-14-15-12(16(9)11-4-5-11)13(2,3)10-6-7-17-8-10/h6-8,11H,4-5H2,1-3H3. The van der Waals surface area contributed by atoms with Crippen LogP contribution in [0, 0.1) is 6.92 Å². The Bertz CT molecular complexity index is 521. The quantitative estimate of drug-likeness (QED) is 0.833. The molecule has 0 unspecified atom stereocenters. The summed E-state index contributed by atoms with van der Waals surface area (Å²) < 4.78 is 2.33. The lowest BCUT2D eigenvalue weighted by Gasteiger charge is -2.24. The van der Waals surface area contributed by atoms with Gasteiger partial charge in [-0.25, -0.2) is 0 Å². The average molecular weight is 247 g/mol. The van der Waals surface area contributed by atoms with Crippen molar-refractivity contribution >= 4 is 11.3 Å². The van der Waals surface area contributed by atoms with Gasteiger partial charge in [0.1, 0.15) is 11.6 Å². The van der Waals surface area contributed by atoms with E-state index in [-0.39, 0.29) is 5.41 Å². The number of hydrogen-bond acceptors (Lipinski definition) is 3. The molecule has 2 aromatic heterocycles. The van der Waals surface area contributed by atoms with Crippen LogP contribution in [0.15, 0.2) is 16.8 Å². The summed E-state index contributed by atoms with van der Waals surface area (Å²) in [5, 5.41) is 13.0. The number of nitrogens with zero attached hydrogens (tertiary/aromatic N) is 3. The van der Waals surface area contributed by atoms with Gasteiger partial charge in [0.25, 0.3) is 0 Å². The average Bonchev–Trinajstić information content (AvgIpc) is 2.81. The van der Waals surface area contributed by atoms with E-state index < -0.39 is 0 Å². The zero-order valence-corrected chi connectivity index (χ0v) is 11.3. The molecule has 1 fully saturated rings. The number of aryl methyl sites for hydroxylation is 1. The summed E-state index contributed by atoms with van der Waals surface area (Å²) in [6.45, 7) is 6.52. The van der Waals surface area contributed by atoms with Crippen molar-refractivity contribution < 1.29 is 0 Å². The molecule has 0 saturated heterocycles. The molecule has 0 spiro atoms. The molecule has 0 amide bonds. The van der Waals surface area contributed by atoms with Gasteiger partial charge in [-0.1, -0.05) is 0 Å². The summed E-state index contributed by atoms with van der Waals surface area (Å²) in [6, 6.07) is 2.82. The van der Waals surface area contributed by atoms with Gasteiger partial charge in [0, 0.05) is 6.04 Å². The van der Waals surface area contributed by atoms with Crippen LogP contribution in [0.2, 0.25) is 0 Å². The molecule has 0 N–H and O–H groups in total. The second kappa shape index (κ2) is 3.67. The fourth-order valence-electron chi connectivity index (χ4n) is 2.31. The van der Waals surface area contributed by atoms with Crippen molar-refractivity contribution in [3.05, 3.63) is 34.0 Å². The Hall–Kier alpha value is -1.16. The number of hydrogen-bond donors (Lipinski definition) is 0. The van der Waals surface area contributed by atoms with E-state index in [0.29, 0.717) is 6.04 Å². The SMILES string of the molecule is Cc1nnc(C(C)(C)c2ccsc2)n1C1CC1. The van der Waals surface area contributed by atoms with Gasteiger partial charge in [-0.2, -0.15) is 11.3 Å². The molecule has 1 aliphatic carbocycles. The summed E-state index contributed by atoms with van der Waals surface area (Å²) >= 11 is 1.74. The molecule has 0 atom stereocenters. The number of rotatable bonds is 3. The maximum atomic E-state index is 4.42. The summed E-state index contributed by atoms with van der Waals surface area (Å²) in [5.74, 6) is 2.15. The van der Waals surface area contributed by atoms with Crippen LogP contribution in [0.25, 0.3) is 0 Å². The summed E-state index contributed by atoms with van der Waals surface area (Å²) in [4.78, 5) is 0. The van der Waals surface area contributed by atoms with Gasteiger partial charge in [0.2, 0.25) is 0 Å². The molecule has 0 bridgehead atoms. The van der Waals surface area contributed by atoms with Crippen molar-refractivity contribution in [1.82, 2.24) is 14.8 Å². The molecule has 2 aromatic rings. The molecular weight excluding hydrogens is 230 g/mol. The maximum absolute atomic E-state index is 4.42. The summed E-state index contributed by atoms with van der Waals surface area (Å²) in [7, 11) is 0. The van der Waals surface area contributed by atoms with Gasteiger partial charge >= 0.3 is 0 Å². The largest absolute Gasteiger partial charge is 0.311 e. The van der Waals surface area contributed by atoms with Gasteiger partial charge < -0.3 is 4.57 Å². The fraction of sp³-hybridized carbons (Fsp3) is 0.538. The van der Waals surface area contributed by atoms with E-state index in [2.05, 4.69) is 52.4 Å². The van der Waals surface area contributed by atoms with Crippen molar-refractivity contribution in [3.63, 3.8) is 0 Å². The van der Waals surface area contributed by atoms with Crippen LogP contribution >= 0.6 is 11.3 Å². The minimum absolute atomic E-state index is 0.0517. The molecule has 90 valence electrons. The predicted octanol–water partition coefficient (Wildman–Crippen LogP) is 3.31. The Kier molecular flexibility index (Phi) is 2.36. The Morgan fingerprint density at radius 1 is 1.35 bits per heavy atom. The van der Waals surface area contributed by atoms with Crippen molar-refractivity contribution in [2.24, 2.45) is 0 Å². The molecule has 0 aliphatic heterocycles.